The van der Waals surface area contributed by atoms with E-state index in [0.717, 1.165) is 29.5 Å². The molecule has 110 valence electrons. The molecule has 0 aliphatic carbocycles. The fraction of sp³-hybridized carbons (Fsp3) is 0.200. The number of carbonyl (C=O) groups excluding carboxylic acids is 1. The molecule has 1 heterocycles. The first-order chi connectivity index (χ1) is 9.86. The molecule has 1 aromatic carbocycles. The van der Waals surface area contributed by atoms with E-state index in [4.69, 9.17) is 0 Å². The van der Waals surface area contributed by atoms with E-state index in [9.17, 15) is 18.0 Å². The number of amides is 1. The van der Waals surface area contributed by atoms with Gasteiger partial charge in [0.25, 0.3) is 5.91 Å². The van der Waals surface area contributed by atoms with E-state index in [-0.39, 0.29) is 5.56 Å². The average Bonchev–Trinajstić information content (AvgIpc) is 2.45. The molecular weight excluding hydrogens is 281 g/mol. The first-order valence-electron chi connectivity index (χ1n) is 6.23. The minimum atomic E-state index is -4.50. The second-order valence-corrected chi connectivity index (χ2v) is 4.60. The molecule has 0 saturated carbocycles. The molecule has 0 radical (unpaired) electrons. The van der Waals surface area contributed by atoms with Crippen molar-refractivity contribution in [3.63, 3.8) is 0 Å². The van der Waals surface area contributed by atoms with Crippen molar-refractivity contribution >= 4 is 5.91 Å². The fourth-order valence-corrected chi connectivity index (χ4v) is 1.69. The molecule has 0 saturated heterocycles. The standard InChI is InChI=1S/C15H13F3N2O/c1-10-2-4-11(5-3-10)8-20-14(21)12-6-7-13(19-9-12)15(16,17)18/h2-7,9H,8H2,1H3,(H,20,21). The molecule has 0 unspecified atom stereocenters. The van der Waals surface area contributed by atoms with Gasteiger partial charge in [0.2, 0.25) is 0 Å². The largest absolute Gasteiger partial charge is 0.433 e. The van der Waals surface area contributed by atoms with Crippen LogP contribution < -0.4 is 5.32 Å². The third kappa shape index (κ3) is 4.05. The Hall–Kier alpha value is -2.37. The zero-order valence-electron chi connectivity index (χ0n) is 11.2. The van der Waals surface area contributed by atoms with Crippen LogP contribution in [0.1, 0.15) is 27.2 Å². The van der Waals surface area contributed by atoms with Crippen LogP contribution in [0.5, 0.6) is 0 Å². The third-order valence-corrected chi connectivity index (χ3v) is 2.89. The first-order valence-corrected chi connectivity index (χ1v) is 6.23. The van der Waals surface area contributed by atoms with Gasteiger partial charge in [-0.15, -0.1) is 0 Å². The van der Waals surface area contributed by atoms with Crippen LogP contribution in [-0.4, -0.2) is 10.9 Å². The Morgan fingerprint density at radius 3 is 2.33 bits per heavy atom. The summed E-state index contributed by atoms with van der Waals surface area (Å²) in [6.45, 7) is 2.26. The zero-order chi connectivity index (χ0) is 15.5. The van der Waals surface area contributed by atoms with Gasteiger partial charge in [0.05, 0.1) is 5.56 Å². The number of hydrogen-bond acceptors (Lipinski definition) is 2. The molecule has 0 spiro atoms. The lowest BCUT2D eigenvalue weighted by Gasteiger charge is -2.08. The summed E-state index contributed by atoms with van der Waals surface area (Å²) >= 11 is 0. The number of alkyl halides is 3. The molecule has 1 aromatic heterocycles. The maximum absolute atomic E-state index is 12.4. The topological polar surface area (TPSA) is 42.0 Å². The van der Waals surface area contributed by atoms with Gasteiger partial charge in [0, 0.05) is 12.7 Å². The van der Waals surface area contributed by atoms with Gasteiger partial charge in [-0.3, -0.25) is 9.78 Å². The van der Waals surface area contributed by atoms with Crippen molar-refractivity contribution in [2.45, 2.75) is 19.6 Å². The lowest BCUT2D eigenvalue weighted by atomic mass is 10.1. The van der Waals surface area contributed by atoms with E-state index in [2.05, 4.69) is 10.3 Å². The molecule has 0 aliphatic rings. The maximum Gasteiger partial charge on any atom is 0.433 e. The summed E-state index contributed by atoms with van der Waals surface area (Å²) in [7, 11) is 0. The number of rotatable bonds is 3. The van der Waals surface area contributed by atoms with Crippen LogP contribution in [0.25, 0.3) is 0 Å². The van der Waals surface area contributed by atoms with E-state index in [1.54, 1.807) is 0 Å². The molecule has 2 rings (SSSR count). The molecule has 0 bridgehead atoms. The van der Waals surface area contributed by atoms with Crippen molar-refractivity contribution in [3.05, 3.63) is 65.0 Å². The Balaban J connectivity index is 1.99. The monoisotopic (exact) mass is 294 g/mol. The lowest BCUT2D eigenvalue weighted by Crippen LogP contribution is -2.23. The normalized spacial score (nSPS) is 11.2. The van der Waals surface area contributed by atoms with E-state index in [1.165, 1.54) is 0 Å². The summed E-state index contributed by atoms with van der Waals surface area (Å²) in [5, 5.41) is 2.63. The summed E-state index contributed by atoms with van der Waals surface area (Å²) in [5.41, 5.74) is 1.10. The number of hydrogen-bond donors (Lipinski definition) is 1. The Morgan fingerprint density at radius 1 is 1.14 bits per heavy atom. The highest BCUT2D eigenvalue weighted by atomic mass is 19.4. The molecule has 1 amide bonds. The second kappa shape index (κ2) is 5.95. The number of benzene rings is 1. The molecule has 3 nitrogen and oxygen atoms in total. The number of nitrogens with zero attached hydrogens (tertiary/aromatic N) is 1. The van der Waals surface area contributed by atoms with Crippen molar-refractivity contribution in [2.24, 2.45) is 0 Å². The average molecular weight is 294 g/mol. The minimum absolute atomic E-state index is 0.0927. The third-order valence-electron chi connectivity index (χ3n) is 2.89. The van der Waals surface area contributed by atoms with Gasteiger partial charge in [-0.1, -0.05) is 29.8 Å². The molecule has 1 N–H and O–H groups in total. The van der Waals surface area contributed by atoms with E-state index in [0.29, 0.717) is 6.54 Å². The number of aromatic nitrogens is 1. The minimum Gasteiger partial charge on any atom is -0.348 e. The lowest BCUT2D eigenvalue weighted by molar-refractivity contribution is -0.141. The Kier molecular flexibility index (Phi) is 4.26. The second-order valence-electron chi connectivity index (χ2n) is 4.60. The van der Waals surface area contributed by atoms with Crippen molar-refractivity contribution in [1.29, 1.82) is 0 Å². The van der Waals surface area contributed by atoms with Crippen molar-refractivity contribution < 1.29 is 18.0 Å². The summed E-state index contributed by atoms with van der Waals surface area (Å²) in [6, 6.07) is 9.49. The Morgan fingerprint density at radius 2 is 1.81 bits per heavy atom. The number of pyridine rings is 1. The molecule has 0 aliphatic heterocycles. The highest BCUT2D eigenvalue weighted by Gasteiger charge is 2.32. The molecule has 6 heteroatoms. The van der Waals surface area contributed by atoms with Gasteiger partial charge >= 0.3 is 6.18 Å². The van der Waals surface area contributed by atoms with Crippen LogP contribution in [-0.2, 0) is 12.7 Å². The van der Waals surface area contributed by atoms with Gasteiger partial charge < -0.3 is 5.32 Å². The predicted octanol–water partition coefficient (Wildman–Crippen LogP) is 3.34. The first kappa shape index (κ1) is 15.0. The predicted molar refractivity (Wildman–Crippen MR) is 71.6 cm³/mol. The van der Waals surface area contributed by atoms with Crippen LogP contribution in [0.15, 0.2) is 42.6 Å². The number of carbonyl (C=O) groups is 1. The van der Waals surface area contributed by atoms with Crippen molar-refractivity contribution in [3.8, 4) is 0 Å². The number of halogens is 3. The number of aryl methyl sites for hydroxylation is 1. The van der Waals surface area contributed by atoms with Crippen LogP contribution in [0.4, 0.5) is 13.2 Å². The van der Waals surface area contributed by atoms with Crippen molar-refractivity contribution in [1.82, 2.24) is 10.3 Å². The smallest absolute Gasteiger partial charge is 0.348 e. The van der Waals surface area contributed by atoms with Crippen LogP contribution >= 0.6 is 0 Å². The summed E-state index contributed by atoms with van der Waals surface area (Å²) < 4.78 is 37.1. The molecule has 2 aromatic rings. The molecule has 0 fully saturated rings. The van der Waals surface area contributed by atoms with Gasteiger partial charge in [0.15, 0.2) is 0 Å². The SMILES string of the molecule is Cc1ccc(CNC(=O)c2ccc(C(F)(F)F)nc2)cc1. The van der Waals surface area contributed by atoms with Crippen LogP contribution in [0.2, 0.25) is 0 Å². The maximum atomic E-state index is 12.4. The summed E-state index contributed by atoms with van der Waals surface area (Å²) in [4.78, 5) is 15.1. The number of nitrogens with one attached hydrogen (secondary N) is 1. The van der Waals surface area contributed by atoms with Gasteiger partial charge in [-0.25, -0.2) is 0 Å². The molecular formula is C15H13F3N2O. The highest BCUT2D eigenvalue weighted by Crippen LogP contribution is 2.27. The zero-order valence-corrected chi connectivity index (χ0v) is 11.2. The van der Waals surface area contributed by atoms with E-state index < -0.39 is 17.8 Å². The molecule has 21 heavy (non-hydrogen) atoms. The van der Waals surface area contributed by atoms with Gasteiger partial charge in [-0.2, -0.15) is 13.2 Å². The van der Waals surface area contributed by atoms with Gasteiger partial charge in [-0.05, 0) is 24.6 Å². The van der Waals surface area contributed by atoms with Gasteiger partial charge in [0.1, 0.15) is 5.69 Å². The summed E-state index contributed by atoms with van der Waals surface area (Å²) in [6.07, 6.45) is -3.58. The highest BCUT2D eigenvalue weighted by molar-refractivity contribution is 5.93. The van der Waals surface area contributed by atoms with Crippen molar-refractivity contribution in [2.75, 3.05) is 0 Å². The van der Waals surface area contributed by atoms with E-state index >= 15 is 0 Å². The van der Waals surface area contributed by atoms with E-state index in [1.807, 2.05) is 31.2 Å². The quantitative estimate of drug-likeness (QED) is 0.943. The Labute approximate surface area is 119 Å². The van der Waals surface area contributed by atoms with Crippen LogP contribution in [0.3, 0.4) is 0 Å². The Bertz CT molecular complexity index is 619. The fourth-order valence-electron chi connectivity index (χ4n) is 1.69. The van der Waals surface area contributed by atoms with Crippen LogP contribution in [0, 0.1) is 6.92 Å². The summed E-state index contributed by atoms with van der Waals surface area (Å²) in [5.74, 6) is -0.461. The molecule has 0 atom stereocenters.